The van der Waals surface area contributed by atoms with Gasteiger partial charge in [-0.05, 0) is 12.5 Å². The Morgan fingerprint density at radius 1 is 1.38 bits per heavy atom. The molecule has 116 valence electrons. The number of carboxylic acid groups (broad SMARTS) is 1. The van der Waals surface area contributed by atoms with Crippen LogP contribution in [-0.4, -0.2) is 35.2 Å². The standard InChI is InChI=1S/C14H21N3O4/c1-2-3-9-21-13-11(5-4-7-15-13)10-17-14(20)16-8-6-12(18)19/h4-5,7H,2-3,6,8-10H2,1H3,(H,18,19)(H2,16,17,20). The predicted octanol–water partition coefficient (Wildman–Crippen LogP) is 1.53. The molecule has 0 fully saturated rings. The number of carbonyl (C=O) groups is 2. The number of hydrogen-bond donors (Lipinski definition) is 3. The number of aliphatic carboxylic acids is 1. The molecule has 0 saturated carbocycles. The Kier molecular flexibility index (Phi) is 7.63. The summed E-state index contributed by atoms with van der Waals surface area (Å²) in [4.78, 5) is 26.0. The van der Waals surface area contributed by atoms with E-state index in [0.29, 0.717) is 12.5 Å². The second kappa shape index (κ2) is 9.57. The lowest BCUT2D eigenvalue weighted by Gasteiger charge is -2.11. The number of carbonyl (C=O) groups excluding carboxylic acids is 1. The highest BCUT2D eigenvalue weighted by Gasteiger charge is 2.07. The average molecular weight is 295 g/mol. The summed E-state index contributed by atoms with van der Waals surface area (Å²) in [5, 5.41) is 13.6. The summed E-state index contributed by atoms with van der Waals surface area (Å²) in [6.45, 7) is 3.03. The fourth-order valence-electron chi connectivity index (χ4n) is 1.52. The highest BCUT2D eigenvalue weighted by Crippen LogP contribution is 2.14. The Morgan fingerprint density at radius 3 is 2.90 bits per heavy atom. The summed E-state index contributed by atoms with van der Waals surface area (Å²) in [5.41, 5.74) is 0.780. The van der Waals surface area contributed by atoms with E-state index in [1.165, 1.54) is 0 Å². The number of rotatable bonds is 9. The van der Waals surface area contributed by atoms with Crippen molar-refractivity contribution in [2.75, 3.05) is 13.2 Å². The summed E-state index contributed by atoms with van der Waals surface area (Å²) in [6.07, 6.45) is 3.51. The van der Waals surface area contributed by atoms with Gasteiger partial charge in [0.05, 0.1) is 13.0 Å². The van der Waals surface area contributed by atoms with Crippen molar-refractivity contribution >= 4 is 12.0 Å². The molecule has 0 aliphatic rings. The third-order valence-electron chi connectivity index (χ3n) is 2.65. The smallest absolute Gasteiger partial charge is 0.315 e. The van der Waals surface area contributed by atoms with Crippen LogP contribution in [0.15, 0.2) is 18.3 Å². The van der Waals surface area contributed by atoms with Gasteiger partial charge < -0.3 is 20.5 Å². The zero-order valence-corrected chi connectivity index (χ0v) is 12.1. The molecule has 0 aliphatic carbocycles. The third-order valence-corrected chi connectivity index (χ3v) is 2.65. The molecule has 2 amide bonds. The van der Waals surface area contributed by atoms with Gasteiger partial charge in [-0.1, -0.05) is 19.4 Å². The number of hydrogen-bond acceptors (Lipinski definition) is 4. The van der Waals surface area contributed by atoms with E-state index in [1.807, 2.05) is 6.07 Å². The predicted molar refractivity (Wildman–Crippen MR) is 77.1 cm³/mol. The van der Waals surface area contributed by atoms with E-state index in [1.54, 1.807) is 12.3 Å². The van der Waals surface area contributed by atoms with Crippen molar-refractivity contribution in [2.45, 2.75) is 32.7 Å². The Balaban J connectivity index is 2.39. The van der Waals surface area contributed by atoms with Crippen LogP contribution in [0.2, 0.25) is 0 Å². The first-order valence-corrected chi connectivity index (χ1v) is 6.93. The lowest BCUT2D eigenvalue weighted by atomic mass is 10.2. The van der Waals surface area contributed by atoms with E-state index in [-0.39, 0.29) is 19.5 Å². The van der Waals surface area contributed by atoms with Gasteiger partial charge in [0, 0.05) is 24.8 Å². The number of amides is 2. The fourth-order valence-corrected chi connectivity index (χ4v) is 1.52. The normalized spacial score (nSPS) is 9.95. The second-order valence-electron chi connectivity index (χ2n) is 4.42. The van der Waals surface area contributed by atoms with Crippen molar-refractivity contribution in [2.24, 2.45) is 0 Å². The number of urea groups is 1. The minimum Gasteiger partial charge on any atom is -0.481 e. The molecule has 1 aromatic rings. The van der Waals surface area contributed by atoms with Crippen molar-refractivity contribution in [3.05, 3.63) is 23.9 Å². The van der Waals surface area contributed by atoms with E-state index < -0.39 is 12.0 Å². The van der Waals surface area contributed by atoms with Crippen molar-refractivity contribution in [1.82, 2.24) is 15.6 Å². The molecule has 0 bridgehead atoms. The van der Waals surface area contributed by atoms with Crippen molar-refractivity contribution in [3.8, 4) is 5.88 Å². The highest BCUT2D eigenvalue weighted by molar-refractivity contribution is 5.75. The van der Waals surface area contributed by atoms with Gasteiger partial charge in [0.2, 0.25) is 5.88 Å². The van der Waals surface area contributed by atoms with Crippen molar-refractivity contribution in [1.29, 1.82) is 0 Å². The number of unbranched alkanes of at least 4 members (excludes halogenated alkanes) is 1. The summed E-state index contributed by atoms with van der Waals surface area (Å²) in [5.74, 6) is -0.439. The van der Waals surface area contributed by atoms with Gasteiger partial charge in [-0.25, -0.2) is 9.78 Å². The molecule has 21 heavy (non-hydrogen) atoms. The molecule has 7 nitrogen and oxygen atoms in total. The molecule has 7 heteroatoms. The third kappa shape index (κ3) is 7.14. The van der Waals surface area contributed by atoms with Crippen LogP contribution in [0.25, 0.3) is 0 Å². The first-order valence-electron chi connectivity index (χ1n) is 6.93. The van der Waals surface area contributed by atoms with Crippen LogP contribution >= 0.6 is 0 Å². The van der Waals surface area contributed by atoms with Gasteiger partial charge in [0.15, 0.2) is 0 Å². The number of pyridine rings is 1. The van der Waals surface area contributed by atoms with Gasteiger partial charge in [-0.15, -0.1) is 0 Å². The summed E-state index contributed by atoms with van der Waals surface area (Å²) < 4.78 is 5.56. The van der Waals surface area contributed by atoms with Gasteiger partial charge in [-0.2, -0.15) is 0 Å². The van der Waals surface area contributed by atoms with Crippen LogP contribution < -0.4 is 15.4 Å². The Morgan fingerprint density at radius 2 is 2.19 bits per heavy atom. The van der Waals surface area contributed by atoms with Crippen LogP contribution in [0.4, 0.5) is 4.79 Å². The lowest BCUT2D eigenvalue weighted by molar-refractivity contribution is -0.136. The summed E-state index contributed by atoms with van der Waals surface area (Å²) in [6, 6.07) is 3.18. The molecule has 1 aromatic heterocycles. The first kappa shape index (κ1) is 16.7. The monoisotopic (exact) mass is 295 g/mol. The molecule has 0 unspecified atom stereocenters. The van der Waals surface area contributed by atoms with Crippen LogP contribution in [0, 0.1) is 0 Å². The van der Waals surface area contributed by atoms with Gasteiger partial charge >= 0.3 is 12.0 Å². The summed E-state index contributed by atoms with van der Waals surface area (Å²) in [7, 11) is 0. The van der Waals surface area contributed by atoms with Gasteiger partial charge in [0.1, 0.15) is 0 Å². The largest absolute Gasteiger partial charge is 0.481 e. The summed E-state index contributed by atoms with van der Waals surface area (Å²) >= 11 is 0. The van der Waals surface area contributed by atoms with E-state index >= 15 is 0 Å². The van der Waals surface area contributed by atoms with E-state index in [0.717, 1.165) is 18.4 Å². The van der Waals surface area contributed by atoms with Crippen molar-refractivity contribution < 1.29 is 19.4 Å². The maximum absolute atomic E-state index is 11.5. The molecule has 0 aliphatic heterocycles. The molecule has 1 rings (SSSR count). The average Bonchev–Trinajstić information content (AvgIpc) is 2.46. The first-order chi connectivity index (χ1) is 10.1. The minimum absolute atomic E-state index is 0.0913. The fraction of sp³-hybridized carbons (Fsp3) is 0.500. The Bertz CT molecular complexity index is 465. The molecule has 0 aromatic carbocycles. The van der Waals surface area contributed by atoms with Crippen LogP contribution in [0.1, 0.15) is 31.7 Å². The molecule has 0 atom stereocenters. The number of aromatic nitrogens is 1. The van der Waals surface area contributed by atoms with Crippen molar-refractivity contribution in [3.63, 3.8) is 0 Å². The zero-order valence-electron chi connectivity index (χ0n) is 12.1. The second-order valence-corrected chi connectivity index (χ2v) is 4.42. The molecule has 0 saturated heterocycles. The number of nitrogens with zero attached hydrogens (tertiary/aromatic N) is 1. The number of nitrogens with one attached hydrogen (secondary N) is 2. The molecular formula is C14H21N3O4. The maximum Gasteiger partial charge on any atom is 0.315 e. The number of carboxylic acids is 1. The van der Waals surface area contributed by atoms with Gasteiger partial charge in [0.25, 0.3) is 0 Å². The maximum atomic E-state index is 11.5. The molecule has 1 heterocycles. The van der Waals surface area contributed by atoms with Crippen LogP contribution in [0.3, 0.4) is 0 Å². The minimum atomic E-state index is -0.950. The topological polar surface area (TPSA) is 101 Å². The molecular weight excluding hydrogens is 274 g/mol. The molecule has 0 radical (unpaired) electrons. The van der Waals surface area contributed by atoms with E-state index in [4.69, 9.17) is 9.84 Å². The zero-order chi connectivity index (χ0) is 15.5. The van der Waals surface area contributed by atoms with Crippen LogP contribution in [0.5, 0.6) is 5.88 Å². The highest BCUT2D eigenvalue weighted by atomic mass is 16.5. The Hall–Kier alpha value is -2.31. The Labute approximate surface area is 123 Å². The molecule has 3 N–H and O–H groups in total. The number of ether oxygens (including phenoxy) is 1. The SMILES string of the molecule is CCCCOc1ncccc1CNC(=O)NCCC(=O)O. The van der Waals surface area contributed by atoms with Gasteiger partial charge in [-0.3, -0.25) is 4.79 Å². The quantitative estimate of drug-likeness (QED) is 0.600. The van der Waals surface area contributed by atoms with E-state index in [2.05, 4.69) is 22.5 Å². The molecule has 0 spiro atoms. The van der Waals surface area contributed by atoms with E-state index in [9.17, 15) is 9.59 Å². The lowest BCUT2D eigenvalue weighted by Crippen LogP contribution is -2.36. The van der Waals surface area contributed by atoms with Crippen LogP contribution in [-0.2, 0) is 11.3 Å².